The normalized spacial score (nSPS) is 20.3. The van der Waals surface area contributed by atoms with Crippen LogP contribution in [0.15, 0.2) is 12.3 Å². The van der Waals surface area contributed by atoms with Gasteiger partial charge < -0.3 is 5.32 Å². The SMILES string of the molecule is Cc1cc(C(=O)N[C@@H]2CCS(=O)(=O)C2)c2cnn(C(C)C)c2n1. The fourth-order valence-electron chi connectivity index (χ4n) is 2.88. The Morgan fingerprint density at radius 3 is 2.78 bits per heavy atom. The molecule has 1 amide bonds. The van der Waals surface area contributed by atoms with Crippen molar-refractivity contribution in [1.82, 2.24) is 20.1 Å². The third-order valence-corrected chi connectivity index (χ3v) is 5.76. The summed E-state index contributed by atoms with van der Waals surface area (Å²) in [4.78, 5) is 17.1. The first-order valence-electron chi connectivity index (χ1n) is 7.63. The van der Waals surface area contributed by atoms with Crippen LogP contribution >= 0.6 is 0 Å². The molecule has 8 heteroatoms. The van der Waals surface area contributed by atoms with E-state index < -0.39 is 9.84 Å². The highest BCUT2D eigenvalue weighted by Crippen LogP contribution is 2.21. The second-order valence-electron chi connectivity index (χ2n) is 6.30. The van der Waals surface area contributed by atoms with E-state index in [-0.39, 0.29) is 29.5 Å². The zero-order valence-electron chi connectivity index (χ0n) is 13.4. The number of rotatable bonds is 3. The van der Waals surface area contributed by atoms with Crippen LogP contribution in [0.4, 0.5) is 0 Å². The molecule has 1 N–H and O–H groups in total. The first kappa shape index (κ1) is 15.9. The number of nitrogens with zero attached hydrogens (tertiary/aromatic N) is 3. The molecule has 0 aliphatic carbocycles. The predicted octanol–water partition coefficient (Wildman–Crippen LogP) is 1.24. The van der Waals surface area contributed by atoms with Crippen molar-refractivity contribution in [3.8, 4) is 0 Å². The average Bonchev–Trinajstić information content (AvgIpc) is 3.00. The van der Waals surface area contributed by atoms with Gasteiger partial charge in [0.05, 0.1) is 28.7 Å². The van der Waals surface area contributed by atoms with Gasteiger partial charge in [-0.1, -0.05) is 0 Å². The molecule has 0 bridgehead atoms. The number of hydrogen-bond acceptors (Lipinski definition) is 5. The summed E-state index contributed by atoms with van der Waals surface area (Å²) in [6.45, 7) is 5.83. The van der Waals surface area contributed by atoms with Crippen LogP contribution in [0.5, 0.6) is 0 Å². The molecule has 23 heavy (non-hydrogen) atoms. The number of sulfone groups is 1. The van der Waals surface area contributed by atoms with E-state index in [0.29, 0.717) is 23.0 Å². The van der Waals surface area contributed by atoms with Crippen molar-refractivity contribution in [2.75, 3.05) is 11.5 Å². The monoisotopic (exact) mass is 336 g/mol. The lowest BCUT2D eigenvalue weighted by Crippen LogP contribution is -2.35. The quantitative estimate of drug-likeness (QED) is 0.910. The van der Waals surface area contributed by atoms with Crippen molar-refractivity contribution in [1.29, 1.82) is 0 Å². The highest BCUT2D eigenvalue weighted by molar-refractivity contribution is 7.91. The summed E-state index contributed by atoms with van der Waals surface area (Å²) >= 11 is 0. The van der Waals surface area contributed by atoms with Crippen molar-refractivity contribution in [2.24, 2.45) is 0 Å². The Morgan fingerprint density at radius 1 is 1.43 bits per heavy atom. The standard InChI is InChI=1S/C15H20N4O3S/c1-9(2)19-14-13(7-16-19)12(6-10(3)17-14)15(20)18-11-4-5-23(21,22)8-11/h6-7,9,11H,4-5,8H2,1-3H3,(H,18,20)/t11-/m1/s1. The fourth-order valence-corrected chi connectivity index (χ4v) is 4.55. The molecule has 124 valence electrons. The molecule has 1 saturated heterocycles. The van der Waals surface area contributed by atoms with E-state index in [1.165, 1.54) is 0 Å². The molecule has 3 rings (SSSR count). The van der Waals surface area contributed by atoms with Gasteiger partial charge in [-0.15, -0.1) is 0 Å². The maximum Gasteiger partial charge on any atom is 0.252 e. The predicted molar refractivity (Wildman–Crippen MR) is 87.2 cm³/mol. The maximum atomic E-state index is 12.6. The Morgan fingerprint density at radius 2 is 2.17 bits per heavy atom. The summed E-state index contributed by atoms with van der Waals surface area (Å²) in [6.07, 6.45) is 2.11. The number of pyridine rings is 1. The van der Waals surface area contributed by atoms with Crippen molar-refractivity contribution >= 4 is 26.8 Å². The van der Waals surface area contributed by atoms with Crippen LogP contribution in [0.2, 0.25) is 0 Å². The minimum absolute atomic E-state index is 0.0111. The molecule has 1 atom stereocenters. The summed E-state index contributed by atoms with van der Waals surface area (Å²) in [5.74, 6) is -0.128. The molecule has 0 saturated carbocycles. The van der Waals surface area contributed by atoms with Crippen LogP contribution in [0.3, 0.4) is 0 Å². The van der Waals surface area contributed by atoms with Gasteiger partial charge >= 0.3 is 0 Å². The number of aromatic nitrogens is 3. The van der Waals surface area contributed by atoms with Gasteiger partial charge in [0.25, 0.3) is 5.91 Å². The Bertz CT molecular complexity index is 870. The molecule has 0 aromatic carbocycles. The zero-order chi connectivity index (χ0) is 16.8. The van der Waals surface area contributed by atoms with Crippen LogP contribution in [-0.2, 0) is 9.84 Å². The van der Waals surface area contributed by atoms with Gasteiger partial charge in [0.2, 0.25) is 0 Å². The lowest BCUT2D eigenvalue weighted by atomic mass is 10.1. The van der Waals surface area contributed by atoms with Crippen molar-refractivity contribution in [3.63, 3.8) is 0 Å². The van der Waals surface area contributed by atoms with Gasteiger partial charge in [0.1, 0.15) is 0 Å². The molecule has 2 aromatic rings. The van der Waals surface area contributed by atoms with Crippen LogP contribution in [0.1, 0.15) is 42.4 Å². The van der Waals surface area contributed by atoms with Gasteiger partial charge in [-0.2, -0.15) is 5.10 Å². The van der Waals surface area contributed by atoms with Crippen LogP contribution in [0, 0.1) is 6.92 Å². The smallest absolute Gasteiger partial charge is 0.252 e. The molecule has 1 fully saturated rings. The molecular weight excluding hydrogens is 316 g/mol. The molecule has 1 aliphatic heterocycles. The minimum atomic E-state index is -3.02. The number of aryl methyl sites for hydroxylation is 1. The number of carbonyl (C=O) groups is 1. The summed E-state index contributed by atoms with van der Waals surface area (Å²) in [5, 5.41) is 7.82. The van der Waals surface area contributed by atoms with Crippen LogP contribution in [-0.4, -0.2) is 46.6 Å². The summed E-state index contributed by atoms with van der Waals surface area (Å²) < 4.78 is 24.8. The third kappa shape index (κ3) is 3.08. The molecule has 3 heterocycles. The first-order chi connectivity index (χ1) is 10.8. The second-order valence-corrected chi connectivity index (χ2v) is 8.53. The van der Waals surface area contributed by atoms with Crippen molar-refractivity contribution < 1.29 is 13.2 Å². The summed E-state index contributed by atoms with van der Waals surface area (Å²) in [7, 11) is -3.02. The van der Waals surface area contributed by atoms with Crippen LogP contribution in [0.25, 0.3) is 11.0 Å². The van der Waals surface area contributed by atoms with Gasteiger partial charge in [0, 0.05) is 17.8 Å². The minimum Gasteiger partial charge on any atom is -0.348 e. The number of hydrogen-bond donors (Lipinski definition) is 1. The average molecular weight is 336 g/mol. The van der Waals surface area contributed by atoms with E-state index in [4.69, 9.17) is 0 Å². The lowest BCUT2D eigenvalue weighted by Gasteiger charge is -2.12. The Balaban J connectivity index is 1.94. The molecule has 7 nitrogen and oxygen atoms in total. The highest BCUT2D eigenvalue weighted by Gasteiger charge is 2.29. The molecule has 0 unspecified atom stereocenters. The number of fused-ring (bicyclic) bond motifs is 1. The molecule has 1 aliphatic rings. The number of carbonyl (C=O) groups excluding carboxylic acids is 1. The second kappa shape index (κ2) is 5.59. The Labute approximate surface area is 135 Å². The van der Waals surface area contributed by atoms with E-state index in [1.54, 1.807) is 16.9 Å². The maximum absolute atomic E-state index is 12.6. The molecular formula is C15H20N4O3S. The Kier molecular flexibility index (Phi) is 3.87. The first-order valence-corrected chi connectivity index (χ1v) is 9.45. The van der Waals surface area contributed by atoms with Gasteiger partial charge in [-0.25, -0.2) is 18.1 Å². The van der Waals surface area contributed by atoms with Crippen molar-refractivity contribution in [2.45, 2.75) is 39.3 Å². The zero-order valence-corrected chi connectivity index (χ0v) is 14.2. The lowest BCUT2D eigenvalue weighted by molar-refractivity contribution is 0.0942. The fraction of sp³-hybridized carbons (Fsp3) is 0.533. The number of nitrogens with one attached hydrogen (secondary N) is 1. The summed E-state index contributed by atoms with van der Waals surface area (Å²) in [6, 6.07) is 1.53. The van der Waals surface area contributed by atoms with E-state index in [0.717, 1.165) is 5.69 Å². The summed E-state index contributed by atoms with van der Waals surface area (Å²) in [5.41, 5.74) is 1.89. The van der Waals surface area contributed by atoms with Gasteiger partial charge in [0.15, 0.2) is 15.5 Å². The number of amides is 1. The topological polar surface area (TPSA) is 94.0 Å². The molecule has 2 aromatic heterocycles. The third-order valence-electron chi connectivity index (χ3n) is 4.00. The highest BCUT2D eigenvalue weighted by atomic mass is 32.2. The van der Waals surface area contributed by atoms with E-state index >= 15 is 0 Å². The molecule has 0 spiro atoms. The van der Waals surface area contributed by atoms with E-state index in [9.17, 15) is 13.2 Å². The Hall–Kier alpha value is -1.96. The van der Waals surface area contributed by atoms with Crippen LogP contribution < -0.4 is 5.32 Å². The van der Waals surface area contributed by atoms with E-state index in [1.807, 2.05) is 20.8 Å². The van der Waals surface area contributed by atoms with E-state index in [2.05, 4.69) is 15.4 Å². The van der Waals surface area contributed by atoms with Crippen molar-refractivity contribution in [3.05, 3.63) is 23.5 Å². The van der Waals surface area contributed by atoms with Gasteiger partial charge in [-0.3, -0.25) is 4.79 Å². The van der Waals surface area contributed by atoms with Gasteiger partial charge in [-0.05, 0) is 33.3 Å². The largest absolute Gasteiger partial charge is 0.348 e. The molecule has 0 radical (unpaired) electrons.